The van der Waals surface area contributed by atoms with Gasteiger partial charge in [-0.15, -0.1) is 0 Å². The molecule has 0 bridgehead atoms. The molecule has 0 aliphatic rings. The molecular formula is C72H54N2O. The van der Waals surface area contributed by atoms with Gasteiger partial charge in [0.15, 0.2) is 0 Å². The van der Waals surface area contributed by atoms with E-state index in [4.69, 9.17) is 4.42 Å². The summed E-state index contributed by atoms with van der Waals surface area (Å²) in [5.41, 5.74) is 19.0. The molecule has 0 N–H and O–H groups in total. The second-order valence-corrected chi connectivity index (χ2v) is 20.6. The van der Waals surface area contributed by atoms with E-state index in [0.717, 1.165) is 94.3 Å². The summed E-state index contributed by atoms with van der Waals surface area (Å²) in [6, 6.07) is 98.9. The molecule has 0 aliphatic carbocycles. The van der Waals surface area contributed by atoms with Crippen LogP contribution < -0.4 is 9.80 Å². The van der Waals surface area contributed by atoms with Crippen LogP contribution in [0.1, 0.15) is 26.3 Å². The Morgan fingerprint density at radius 1 is 0.280 bits per heavy atom. The van der Waals surface area contributed by atoms with Crippen LogP contribution in [0.5, 0.6) is 0 Å². The van der Waals surface area contributed by atoms with Crippen LogP contribution in [-0.4, -0.2) is 0 Å². The first kappa shape index (κ1) is 45.4. The maximum Gasteiger partial charge on any atom is 0.136 e. The van der Waals surface area contributed by atoms with Gasteiger partial charge in [0, 0.05) is 44.6 Å². The summed E-state index contributed by atoms with van der Waals surface area (Å²) < 4.78 is 6.89. The van der Waals surface area contributed by atoms with Gasteiger partial charge in [-0.2, -0.15) is 0 Å². The highest BCUT2D eigenvalue weighted by Crippen LogP contribution is 2.46. The summed E-state index contributed by atoms with van der Waals surface area (Å²) in [6.45, 7) is 6.80. The molecule has 1 aromatic heterocycles. The van der Waals surface area contributed by atoms with Crippen molar-refractivity contribution in [3.63, 3.8) is 0 Å². The number of fused-ring (bicyclic) bond motifs is 5. The van der Waals surface area contributed by atoms with Crippen molar-refractivity contribution in [2.45, 2.75) is 26.2 Å². The van der Waals surface area contributed by atoms with E-state index in [1.165, 1.54) is 33.4 Å². The largest absolute Gasteiger partial charge is 0.456 e. The summed E-state index contributed by atoms with van der Waals surface area (Å²) in [5, 5.41) is 6.72. The highest BCUT2D eigenvalue weighted by atomic mass is 16.3. The number of rotatable bonds is 10. The van der Waals surface area contributed by atoms with E-state index >= 15 is 0 Å². The van der Waals surface area contributed by atoms with Gasteiger partial charge < -0.3 is 14.2 Å². The van der Waals surface area contributed by atoms with E-state index in [9.17, 15) is 0 Å². The molecule has 358 valence electrons. The average molecular weight is 963 g/mol. The smallest absolute Gasteiger partial charge is 0.136 e. The molecule has 1 heterocycles. The predicted molar refractivity (Wildman–Crippen MR) is 319 cm³/mol. The highest BCUT2D eigenvalue weighted by Gasteiger charge is 2.22. The molecule has 0 amide bonds. The zero-order chi connectivity index (χ0) is 50.5. The fourth-order valence-electron chi connectivity index (χ4n) is 10.9. The first-order chi connectivity index (χ1) is 36.8. The Morgan fingerprint density at radius 2 is 0.680 bits per heavy atom. The van der Waals surface area contributed by atoms with Crippen molar-refractivity contribution in [2.24, 2.45) is 0 Å². The van der Waals surface area contributed by atoms with Crippen molar-refractivity contribution in [3.8, 4) is 44.5 Å². The summed E-state index contributed by atoms with van der Waals surface area (Å²) in [5.74, 6) is 0. The van der Waals surface area contributed by atoms with Gasteiger partial charge in [-0.05, 0) is 151 Å². The van der Waals surface area contributed by atoms with Crippen LogP contribution in [0, 0.1) is 0 Å². The molecule has 0 fully saturated rings. The Morgan fingerprint density at radius 3 is 1.21 bits per heavy atom. The molecule has 13 rings (SSSR count). The predicted octanol–water partition coefficient (Wildman–Crippen LogP) is 20.8. The maximum absolute atomic E-state index is 6.89. The third kappa shape index (κ3) is 8.69. The Hall–Kier alpha value is -9.44. The molecule has 0 unspecified atom stereocenters. The fraction of sp³-hybridized carbons (Fsp3) is 0.0556. The number of benzene rings is 12. The molecule has 13 aromatic rings. The first-order valence-corrected chi connectivity index (χ1v) is 25.9. The summed E-state index contributed by atoms with van der Waals surface area (Å²) >= 11 is 0. The SMILES string of the molecule is CC(C)(C)c1ccc(-c2ccccc2N(c2ccc(-c3ccccc3)cc2)c2ccc3cc4c(cc3c2)oc2cc3cc(N(c5cccc(-c6ccccc6)c5)c5ccccc5-c5ccccc5)ccc3cc24)cc1. The molecule has 12 aromatic carbocycles. The summed E-state index contributed by atoms with van der Waals surface area (Å²) in [6.07, 6.45) is 0. The van der Waals surface area contributed by atoms with E-state index < -0.39 is 0 Å². The van der Waals surface area contributed by atoms with Crippen LogP contribution in [0.15, 0.2) is 277 Å². The highest BCUT2D eigenvalue weighted by molar-refractivity contribution is 6.14. The van der Waals surface area contributed by atoms with Crippen LogP contribution in [0.4, 0.5) is 34.1 Å². The Labute approximate surface area is 438 Å². The normalized spacial score (nSPS) is 11.7. The van der Waals surface area contributed by atoms with E-state index in [0.29, 0.717) is 0 Å². The van der Waals surface area contributed by atoms with Crippen LogP contribution in [-0.2, 0) is 5.41 Å². The molecule has 3 heteroatoms. The van der Waals surface area contributed by atoms with Gasteiger partial charge in [-0.3, -0.25) is 0 Å². The number of para-hydroxylation sites is 2. The van der Waals surface area contributed by atoms with Crippen LogP contribution >= 0.6 is 0 Å². The standard InChI is InChI=1S/C72H54N2O/c1-72(2,3)59-36-30-53(31-37-59)65-27-14-15-28-68(65)73(60-38-32-51(33-39-60)49-18-7-4-8-19-49)62-40-34-55-45-66-67-46-56-35-41-63(44-58(56)48-71(67)75-70(66)47-57(55)43-62)74(61-25-17-24-54(42-61)50-20-9-5-10-21-50)69-29-16-13-26-64(69)52-22-11-6-12-23-52/h4-48H,1-3H3. The van der Waals surface area contributed by atoms with Gasteiger partial charge in [-0.25, -0.2) is 0 Å². The van der Waals surface area contributed by atoms with E-state index in [-0.39, 0.29) is 5.41 Å². The van der Waals surface area contributed by atoms with Crippen molar-refractivity contribution >= 4 is 77.6 Å². The third-order valence-electron chi connectivity index (χ3n) is 14.8. The number of hydrogen-bond donors (Lipinski definition) is 0. The molecule has 75 heavy (non-hydrogen) atoms. The average Bonchev–Trinajstić information content (AvgIpc) is 3.81. The van der Waals surface area contributed by atoms with Crippen LogP contribution in [0.2, 0.25) is 0 Å². The lowest BCUT2D eigenvalue weighted by Gasteiger charge is -2.28. The minimum atomic E-state index is 0.0624. The van der Waals surface area contributed by atoms with E-state index in [1.807, 2.05) is 0 Å². The summed E-state index contributed by atoms with van der Waals surface area (Å²) in [4.78, 5) is 4.79. The number of nitrogens with zero attached hydrogens (tertiary/aromatic N) is 2. The number of anilines is 6. The topological polar surface area (TPSA) is 19.6 Å². The second kappa shape index (κ2) is 18.9. The summed E-state index contributed by atoms with van der Waals surface area (Å²) in [7, 11) is 0. The van der Waals surface area contributed by atoms with E-state index in [1.54, 1.807) is 0 Å². The van der Waals surface area contributed by atoms with Gasteiger partial charge >= 0.3 is 0 Å². The number of hydrogen-bond acceptors (Lipinski definition) is 3. The Kier molecular flexibility index (Phi) is 11.4. The second-order valence-electron chi connectivity index (χ2n) is 20.6. The minimum Gasteiger partial charge on any atom is -0.456 e. The maximum atomic E-state index is 6.89. The molecule has 0 atom stereocenters. The fourth-order valence-corrected chi connectivity index (χ4v) is 10.9. The minimum absolute atomic E-state index is 0.0624. The third-order valence-corrected chi connectivity index (χ3v) is 14.8. The molecule has 0 spiro atoms. The molecule has 0 saturated heterocycles. The first-order valence-electron chi connectivity index (χ1n) is 25.9. The zero-order valence-corrected chi connectivity index (χ0v) is 42.3. The molecule has 0 radical (unpaired) electrons. The lowest BCUT2D eigenvalue weighted by atomic mass is 9.86. The molecule has 0 aliphatic heterocycles. The Balaban J connectivity index is 0.919. The molecule has 3 nitrogen and oxygen atoms in total. The van der Waals surface area contributed by atoms with Crippen molar-refractivity contribution in [1.82, 2.24) is 0 Å². The Bertz CT molecular complexity index is 4190. The molecular weight excluding hydrogens is 909 g/mol. The van der Waals surface area contributed by atoms with Gasteiger partial charge in [0.25, 0.3) is 0 Å². The van der Waals surface area contributed by atoms with Crippen molar-refractivity contribution in [1.29, 1.82) is 0 Å². The van der Waals surface area contributed by atoms with Gasteiger partial charge in [0.1, 0.15) is 11.2 Å². The van der Waals surface area contributed by atoms with Crippen LogP contribution in [0.3, 0.4) is 0 Å². The number of furan rings is 1. The van der Waals surface area contributed by atoms with Crippen LogP contribution in [0.25, 0.3) is 88.0 Å². The van der Waals surface area contributed by atoms with Gasteiger partial charge in [0.2, 0.25) is 0 Å². The van der Waals surface area contributed by atoms with Crippen molar-refractivity contribution < 1.29 is 4.42 Å². The lowest BCUT2D eigenvalue weighted by molar-refractivity contribution is 0.590. The monoisotopic (exact) mass is 962 g/mol. The van der Waals surface area contributed by atoms with Crippen molar-refractivity contribution in [3.05, 3.63) is 279 Å². The van der Waals surface area contributed by atoms with Gasteiger partial charge in [0.05, 0.1) is 11.4 Å². The lowest BCUT2D eigenvalue weighted by Crippen LogP contribution is -2.12. The van der Waals surface area contributed by atoms with Crippen molar-refractivity contribution in [2.75, 3.05) is 9.80 Å². The quantitative estimate of drug-likeness (QED) is 0.136. The molecule has 0 saturated carbocycles. The van der Waals surface area contributed by atoms with E-state index in [2.05, 4.69) is 304 Å². The zero-order valence-electron chi connectivity index (χ0n) is 42.3. The van der Waals surface area contributed by atoms with Gasteiger partial charge in [-0.1, -0.05) is 209 Å².